The van der Waals surface area contributed by atoms with Gasteiger partial charge in [-0.05, 0) is 42.4 Å². The van der Waals surface area contributed by atoms with Crippen molar-refractivity contribution < 1.29 is 4.79 Å². The van der Waals surface area contributed by atoms with Crippen LogP contribution in [0.1, 0.15) is 59.4 Å². The highest BCUT2D eigenvalue weighted by Gasteiger charge is 2.15. The SMILES string of the molecule is CC(=O)CC(C)c1ccc(N(CC(C)C)CC(C)C)c(N)c1. The summed E-state index contributed by atoms with van der Waals surface area (Å²) >= 11 is 0. The highest BCUT2D eigenvalue weighted by atomic mass is 16.1. The maximum atomic E-state index is 11.3. The molecule has 0 radical (unpaired) electrons. The fourth-order valence-corrected chi connectivity index (χ4v) is 2.87. The molecule has 3 nitrogen and oxygen atoms in total. The second kappa shape index (κ2) is 8.21. The zero-order valence-electron chi connectivity index (χ0n) is 15.0. The number of nitrogens with two attached hydrogens (primary N) is 1. The van der Waals surface area contributed by atoms with Gasteiger partial charge in [0.25, 0.3) is 0 Å². The number of carbonyl (C=O) groups excluding carboxylic acids is 1. The van der Waals surface area contributed by atoms with E-state index in [1.165, 1.54) is 0 Å². The highest BCUT2D eigenvalue weighted by molar-refractivity contribution is 5.76. The number of ketones is 1. The Balaban J connectivity index is 3.00. The van der Waals surface area contributed by atoms with Crippen molar-refractivity contribution >= 4 is 17.2 Å². The molecular formula is C19H32N2O. The Morgan fingerprint density at radius 3 is 2.05 bits per heavy atom. The molecule has 1 atom stereocenters. The summed E-state index contributed by atoms with van der Waals surface area (Å²) in [7, 11) is 0. The second-order valence-electron chi connectivity index (χ2n) is 7.32. The van der Waals surface area contributed by atoms with Gasteiger partial charge in [-0.15, -0.1) is 0 Å². The third-order valence-corrected chi connectivity index (χ3v) is 3.73. The van der Waals surface area contributed by atoms with Gasteiger partial charge >= 0.3 is 0 Å². The molecule has 0 aliphatic rings. The van der Waals surface area contributed by atoms with Gasteiger partial charge in [0, 0.05) is 19.5 Å². The largest absolute Gasteiger partial charge is 0.397 e. The van der Waals surface area contributed by atoms with E-state index < -0.39 is 0 Å². The topological polar surface area (TPSA) is 46.3 Å². The Kier molecular flexibility index (Phi) is 6.92. The molecule has 1 unspecified atom stereocenters. The molecule has 0 amide bonds. The van der Waals surface area contributed by atoms with Crippen LogP contribution in [0.4, 0.5) is 11.4 Å². The Labute approximate surface area is 135 Å². The monoisotopic (exact) mass is 304 g/mol. The Bertz CT molecular complexity index is 484. The van der Waals surface area contributed by atoms with E-state index in [2.05, 4.69) is 51.7 Å². The third kappa shape index (κ3) is 5.70. The van der Waals surface area contributed by atoms with Gasteiger partial charge in [0.05, 0.1) is 11.4 Å². The summed E-state index contributed by atoms with van der Waals surface area (Å²) in [6.45, 7) is 14.6. The van der Waals surface area contributed by atoms with Crippen LogP contribution in [0.15, 0.2) is 18.2 Å². The molecule has 0 saturated carbocycles. The summed E-state index contributed by atoms with van der Waals surface area (Å²) in [6, 6.07) is 6.27. The molecule has 3 heteroatoms. The van der Waals surface area contributed by atoms with Gasteiger partial charge in [-0.3, -0.25) is 0 Å². The number of rotatable bonds is 8. The number of carbonyl (C=O) groups is 1. The smallest absolute Gasteiger partial charge is 0.130 e. The van der Waals surface area contributed by atoms with Crippen molar-refractivity contribution in [3.05, 3.63) is 23.8 Å². The summed E-state index contributed by atoms with van der Waals surface area (Å²) in [5, 5.41) is 0. The fraction of sp³-hybridized carbons (Fsp3) is 0.632. The third-order valence-electron chi connectivity index (χ3n) is 3.73. The Morgan fingerprint density at radius 2 is 1.64 bits per heavy atom. The molecule has 1 aromatic rings. The molecule has 0 aliphatic heterocycles. The van der Waals surface area contributed by atoms with Crippen molar-refractivity contribution in [2.75, 3.05) is 23.7 Å². The standard InChI is InChI=1S/C19H32N2O/c1-13(2)11-21(12-14(3)4)19-8-7-17(10-18(19)20)15(5)9-16(6)22/h7-8,10,13-15H,9,11-12,20H2,1-6H3. The Hall–Kier alpha value is -1.51. The lowest BCUT2D eigenvalue weighted by molar-refractivity contribution is -0.117. The number of Topliss-reactive ketones (excluding diaryl/α,β-unsaturated/α-hetero) is 1. The van der Waals surface area contributed by atoms with E-state index >= 15 is 0 Å². The average molecular weight is 304 g/mol. The molecule has 1 aromatic carbocycles. The molecule has 0 heterocycles. The fourth-order valence-electron chi connectivity index (χ4n) is 2.87. The molecule has 0 aromatic heterocycles. The summed E-state index contributed by atoms with van der Waals surface area (Å²) < 4.78 is 0. The van der Waals surface area contributed by atoms with Crippen LogP contribution in [-0.2, 0) is 4.79 Å². The predicted octanol–water partition coefficient (Wildman–Crippen LogP) is 4.47. The quantitative estimate of drug-likeness (QED) is 0.721. The van der Waals surface area contributed by atoms with E-state index in [4.69, 9.17) is 5.73 Å². The summed E-state index contributed by atoms with van der Waals surface area (Å²) in [4.78, 5) is 13.7. The highest BCUT2D eigenvalue weighted by Crippen LogP contribution is 2.30. The lowest BCUT2D eigenvalue weighted by atomic mass is 9.95. The maximum absolute atomic E-state index is 11.3. The first kappa shape index (κ1) is 18.5. The molecule has 0 aliphatic carbocycles. The zero-order valence-corrected chi connectivity index (χ0v) is 15.0. The number of hydrogen-bond acceptors (Lipinski definition) is 3. The van der Waals surface area contributed by atoms with Gasteiger partial charge in [0.1, 0.15) is 5.78 Å². The van der Waals surface area contributed by atoms with Crippen LogP contribution in [0, 0.1) is 11.8 Å². The molecule has 0 bridgehead atoms. The Morgan fingerprint density at radius 1 is 1.09 bits per heavy atom. The van der Waals surface area contributed by atoms with Crippen LogP contribution in [0.25, 0.3) is 0 Å². The minimum absolute atomic E-state index is 0.219. The average Bonchev–Trinajstić information content (AvgIpc) is 2.35. The lowest BCUT2D eigenvalue weighted by Gasteiger charge is -2.30. The summed E-state index contributed by atoms with van der Waals surface area (Å²) in [6.07, 6.45) is 0.570. The molecule has 1 rings (SSSR count). The van der Waals surface area contributed by atoms with Crippen molar-refractivity contribution in [3.8, 4) is 0 Å². The van der Waals surface area contributed by atoms with Crippen LogP contribution in [0.2, 0.25) is 0 Å². The van der Waals surface area contributed by atoms with Crippen LogP contribution in [0.5, 0.6) is 0 Å². The number of nitrogen functional groups attached to an aromatic ring is 1. The lowest BCUT2D eigenvalue weighted by Crippen LogP contribution is -2.31. The van der Waals surface area contributed by atoms with Crippen LogP contribution in [0.3, 0.4) is 0 Å². The number of hydrogen-bond donors (Lipinski definition) is 1. The van der Waals surface area contributed by atoms with E-state index in [-0.39, 0.29) is 11.7 Å². The normalized spacial score (nSPS) is 12.7. The number of nitrogens with zero attached hydrogens (tertiary/aromatic N) is 1. The molecular weight excluding hydrogens is 272 g/mol. The minimum Gasteiger partial charge on any atom is -0.397 e. The van der Waals surface area contributed by atoms with Gasteiger partial charge in [-0.2, -0.15) is 0 Å². The van der Waals surface area contributed by atoms with Crippen molar-refractivity contribution in [3.63, 3.8) is 0 Å². The van der Waals surface area contributed by atoms with Crippen molar-refractivity contribution in [1.29, 1.82) is 0 Å². The maximum Gasteiger partial charge on any atom is 0.130 e. The van der Waals surface area contributed by atoms with Crippen molar-refractivity contribution in [2.45, 2.75) is 53.9 Å². The van der Waals surface area contributed by atoms with Gasteiger partial charge in [-0.1, -0.05) is 40.7 Å². The van der Waals surface area contributed by atoms with E-state index in [1.807, 2.05) is 6.07 Å². The molecule has 0 spiro atoms. The molecule has 2 N–H and O–H groups in total. The van der Waals surface area contributed by atoms with Gasteiger partial charge in [0.2, 0.25) is 0 Å². The zero-order chi connectivity index (χ0) is 16.9. The van der Waals surface area contributed by atoms with Gasteiger partial charge in [0.15, 0.2) is 0 Å². The van der Waals surface area contributed by atoms with Gasteiger partial charge < -0.3 is 15.4 Å². The molecule has 22 heavy (non-hydrogen) atoms. The first-order valence-electron chi connectivity index (χ1n) is 8.34. The molecule has 0 fully saturated rings. The van der Waals surface area contributed by atoms with E-state index in [1.54, 1.807) is 6.92 Å². The summed E-state index contributed by atoms with van der Waals surface area (Å²) in [5.41, 5.74) is 9.39. The van der Waals surface area contributed by atoms with E-state index in [0.717, 1.165) is 30.0 Å². The number of benzene rings is 1. The van der Waals surface area contributed by atoms with E-state index in [9.17, 15) is 4.79 Å². The van der Waals surface area contributed by atoms with Crippen LogP contribution < -0.4 is 10.6 Å². The molecule has 0 saturated heterocycles. The second-order valence-corrected chi connectivity index (χ2v) is 7.32. The van der Waals surface area contributed by atoms with Crippen LogP contribution >= 0.6 is 0 Å². The number of anilines is 2. The predicted molar refractivity (Wildman–Crippen MR) is 96.5 cm³/mol. The minimum atomic E-state index is 0.219. The van der Waals surface area contributed by atoms with Gasteiger partial charge in [-0.25, -0.2) is 0 Å². The first-order chi connectivity index (χ1) is 10.2. The van der Waals surface area contributed by atoms with Crippen molar-refractivity contribution in [1.82, 2.24) is 0 Å². The van der Waals surface area contributed by atoms with Crippen molar-refractivity contribution in [2.24, 2.45) is 11.8 Å². The molecule has 124 valence electrons. The first-order valence-corrected chi connectivity index (χ1v) is 8.34. The van der Waals surface area contributed by atoms with Crippen LogP contribution in [-0.4, -0.2) is 18.9 Å². The van der Waals surface area contributed by atoms with E-state index in [0.29, 0.717) is 18.3 Å². The summed E-state index contributed by atoms with van der Waals surface area (Å²) in [5.74, 6) is 1.62.